The van der Waals surface area contributed by atoms with Crippen LogP contribution in [0.3, 0.4) is 0 Å². The molecule has 3 amide bonds. The molecule has 6 nitrogen and oxygen atoms in total. The van der Waals surface area contributed by atoms with Crippen LogP contribution < -0.4 is 21.7 Å². The summed E-state index contributed by atoms with van der Waals surface area (Å²) in [4.78, 5) is 24.5. The number of carbonyl (C=O) groups is 2. The third-order valence-electron chi connectivity index (χ3n) is 4.29. The Labute approximate surface area is 149 Å². The molecule has 0 aliphatic heterocycles. The van der Waals surface area contributed by atoms with E-state index >= 15 is 0 Å². The van der Waals surface area contributed by atoms with Crippen LogP contribution in [0.25, 0.3) is 0 Å². The lowest BCUT2D eigenvalue weighted by atomic mass is 9.96. The number of hydrogen-bond donors (Lipinski definition) is 4. The van der Waals surface area contributed by atoms with Crippen molar-refractivity contribution in [2.75, 3.05) is 13.1 Å². The van der Waals surface area contributed by atoms with Crippen molar-refractivity contribution in [3.05, 3.63) is 35.9 Å². The minimum atomic E-state index is -0.810. The number of carbonyl (C=O) groups excluding carboxylic acids is 2. The maximum atomic E-state index is 12.6. The minimum Gasteiger partial charge on any atom is -0.352 e. The van der Waals surface area contributed by atoms with Gasteiger partial charge in [-0.3, -0.25) is 4.79 Å². The summed E-state index contributed by atoms with van der Waals surface area (Å²) < 4.78 is 0. The van der Waals surface area contributed by atoms with E-state index in [-0.39, 0.29) is 30.4 Å². The van der Waals surface area contributed by atoms with Crippen LogP contribution in [0.15, 0.2) is 30.3 Å². The summed E-state index contributed by atoms with van der Waals surface area (Å²) in [5.41, 5.74) is 6.29. The van der Waals surface area contributed by atoms with E-state index in [1.807, 2.05) is 37.3 Å². The molecular weight excluding hydrogens is 328 g/mol. The van der Waals surface area contributed by atoms with Crippen molar-refractivity contribution < 1.29 is 9.59 Å². The number of hydrogen-bond acceptors (Lipinski definition) is 3. The molecule has 1 aliphatic carbocycles. The van der Waals surface area contributed by atoms with Crippen LogP contribution in [0, 0.1) is 0 Å². The van der Waals surface area contributed by atoms with Gasteiger partial charge in [-0.25, -0.2) is 4.79 Å². The van der Waals surface area contributed by atoms with Gasteiger partial charge < -0.3 is 21.7 Å². The number of rotatable bonds is 6. The standard InChI is InChI=1S/C17H26N4O2.ClH/c1-2-19-16(23)21-17(10-6-7-11-17)15(22)20-12-14(18)13-8-4-3-5-9-13;/h3-5,8-9,14H,2,6-7,10-12,18H2,1H3,(H,20,22)(H2,19,21,23);1H. The number of nitrogens with one attached hydrogen (secondary N) is 3. The molecule has 1 aromatic carbocycles. The molecule has 0 spiro atoms. The number of halogens is 1. The summed E-state index contributed by atoms with van der Waals surface area (Å²) in [7, 11) is 0. The van der Waals surface area contributed by atoms with E-state index in [9.17, 15) is 9.59 Å². The first-order valence-electron chi connectivity index (χ1n) is 8.22. The van der Waals surface area contributed by atoms with Crippen molar-refractivity contribution in [2.45, 2.75) is 44.2 Å². The molecule has 1 saturated carbocycles. The number of amides is 3. The third kappa shape index (κ3) is 5.11. The summed E-state index contributed by atoms with van der Waals surface area (Å²) in [6.07, 6.45) is 3.20. The van der Waals surface area contributed by atoms with Crippen LogP contribution in [-0.4, -0.2) is 30.6 Å². The fourth-order valence-electron chi connectivity index (χ4n) is 3.00. The van der Waals surface area contributed by atoms with Crippen molar-refractivity contribution in [3.63, 3.8) is 0 Å². The topological polar surface area (TPSA) is 96.2 Å². The van der Waals surface area contributed by atoms with Gasteiger partial charge in [-0.15, -0.1) is 12.4 Å². The second kappa shape index (κ2) is 9.49. The molecule has 5 N–H and O–H groups in total. The summed E-state index contributed by atoms with van der Waals surface area (Å²) in [6, 6.07) is 9.10. The zero-order valence-corrected chi connectivity index (χ0v) is 14.8. The molecule has 2 rings (SSSR count). The van der Waals surface area contributed by atoms with Crippen LogP contribution in [0.1, 0.15) is 44.2 Å². The quantitative estimate of drug-likeness (QED) is 0.627. The molecule has 0 heterocycles. The van der Waals surface area contributed by atoms with Crippen molar-refractivity contribution in [1.82, 2.24) is 16.0 Å². The summed E-state index contributed by atoms with van der Waals surface area (Å²) in [6.45, 7) is 2.73. The van der Waals surface area contributed by atoms with Crippen molar-refractivity contribution in [2.24, 2.45) is 5.73 Å². The van der Waals surface area contributed by atoms with Gasteiger partial charge in [-0.05, 0) is 25.3 Å². The fraction of sp³-hybridized carbons (Fsp3) is 0.529. The number of nitrogens with two attached hydrogens (primary N) is 1. The van der Waals surface area contributed by atoms with Gasteiger partial charge in [0.1, 0.15) is 5.54 Å². The molecule has 0 radical (unpaired) electrons. The largest absolute Gasteiger partial charge is 0.352 e. The maximum Gasteiger partial charge on any atom is 0.315 e. The summed E-state index contributed by atoms with van der Waals surface area (Å²) >= 11 is 0. The predicted octanol–water partition coefficient (Wildman–Crippen LogP) is 1.86. The third-order valence-corrected chi connectivity index (χ3v) is 4.29. The zero-order chi connectivity index (χ0) is 16.7. The summed E-state index contributed by atoms with van der Waals surface area (Å²) in [5, 5.41) is 8.45. The second-order valence-electron chi connectivity index (χ2n) is 6.00. The van der Waals surface area contributed by atoms with E-state index in [0.717, 1.165) is 18.4 Å². The van der Waals surface area contributed by atoms with Crippen molar-refractivity contribution >= 4 is 24.3 Å². The Kier molecular flexibility index (Phi) is 8.01. The van der Waals surface area contributed by atoms with E-state index in [4.69, 9.17) is 5.73 Å². The van der Waals surface area contributed by atoms with Gasteiger partial charge in [0, 0.05) is 19.1 Å². The van der Waals surface area contributed by atoms with Crippen LogP contribution in [0.5, 0.6) is 0 Å². The Morgan fingerprint density at radius 2 is 1.79 bits per heavy atom. The molecule has 0 bridgehead atoms. The minimum absolute atomic E-state index is 0. The van der Waals surface area contributed by atoms with Gasteiger partial charge in [0.15, 0.2) is 0 Å². The molecule has 1 aliphatic rings. The second-order valence-corrected chi connectivity index (χ2v) is 6.00. The highest BCUT2D eigenvalue weighted by molar-refractivity contribution is 5.91. The molecule has 7 heteroatoms. The van der Waals surface area contributed by atoms with E-state index in [1.54, 1.807) is 0 Å². The lowest BCUT2D eigenvalue weighted by molar-refractivity contribution is -0.127. The monoisotopic (exact) mass is 354 g/mol. The Hall–Kier alpha value is -1.79. The Morgan fingerprint density at radius 1 is 1.17 bits per heavy atom. The molecule has 1 aromatic rings. The molecule has 1 atom stereocenters. The highest BCUT2D eigenvalue weighted by Gasteiger charge is 2.42. The lowest BCUT2D eigenvalue weighted by Crippen LogP contribution is -2.59. The van der Waals surface area contributed by atoms with Gasteiger partial charge in [-0.2, -0.15) is 0 Å². The van der Waals surface area contributed by atoms with E-state index in [2.05, 4.69) is 16.0 Å². The lowest BCUT2D eigenvalue weighted by Gasteiger charge is -2.29. The van der Waals surface area contributed by atoms with Gasteiger partial charge in [-0.1, -0.05) is 43.2 Å². The average Bonchev–Trinajstić information content (AvgIpc) is 3.03. The molecule has 134 valence electrons. The van der Waals surface area contributed by atoms with E-state index in [0.29, 0.717) is 25.9 Å². The molecular formula is C17H27ClN4O2. The van der Waals surface area contributed by atoms with Crippen LogP contribution >= 0.6 is 12.4 Å². The Balaban J connectivity index is 0.00000288. The number of benzene rings is 1. The Bertz CT molecular complexity index is 533. The van der Waals surface area contributed by atoms with Gasteiger partial charge in [0.25, 0.3) is 0 Å². The molecule has 0 saturated heterocycles. The highest BCUT2D eigenvalue weighted by Crippen LogP contribution is 2.30. The van der Waals surface area contributed by atoms with Crippen LogP contribution in [-0.2, 0) is 4.79 Å². The molecule has 1 fully saturated rings. The van der Waals surface area contributed by atoms with Gasteiger partial charge >= 0.3 is 6.03 Å². The van der Waals surface area contributed by atoms with E-state index in [1.165, 1.54) is 0 Å². The van der Waals surface area contributed by atoms with Crippen molar-refractivity contribution in [1.29, 1.82) is 0 Å². The SMILES string of the molecule is CCNC(=O)NC1(C(=O)NCC(N)c2ccccc2)CCCC1.Cl. The fourth-order valence-corrected chi connectivity index (χ4v) is 3.00. The molecule has 24 heavy (non-hydrogen) atoms. The van der Waals surface area contributed by atoms with E-state index < -0.39 is 5.54 Å². The Morgan fingerprint density at radius 3 is 2.38 bits per heavy atom. The zero-order valence-electron chi connectivity index (χ0n) is 14.0. The maximum absolute atomic E-state index is 12.6. The first kappa shape index (κ1) is 20.3. The smallest absolute Gasteiger partial charge is 0.315 e. The first-order chi connectivity index (χ1) is 11.1. The normalized spacial score (nSPS) is 16.6. The average molecular weight is 355 g/mol. The summed E-state index contributed by atoms with van der Waals surface area (Å²) in [5.74, 6) is -0.146. The van der Waals surface area contributed by atoms with Crippen molar-refractivity contribution in [3.8, 4) is 0 Å². The van der Waals surface area contributed by atoms with Gasteiger partial charge in [0.05, 0.1) is 0 Å². The first-order valence-corrected chi connectivity index (χ1v) is 8.22. The molecule has 1 unspecified atom stereocenters. The van der Waals surface area contributed by atoms with Crippen LogP contribution in [0.2, 0.25) is 0 Å². The predicted molar refractivity (Wildman–Crippen MR) is 97.0 cm³/mol. The molecule has 0 aromatic heterocycles. The number of urea groups is 1. The highest BCUT2D eigenvalue weighted by atomic mass is 35.5. The van der Waals surface area contributed by atoms with Crippen LogP contribution in [0.4, 0.5) is 4.79 Å². The van der Waals surface area contributed by atoms with Gasteiger partial charge in [0.2, 0.25) is 5.91 Å².